The molecule has 133 valence electrons. The molecule has 0 saturated heterocycles. The van der Waals surface area contributed by atoms with Crippen LogP contribution >= 0.6 is 0 Å². The van der Waals surface area contributed by atoms with Gasteiger partial charge in [0, 0.05) is 24.4 Å². The second kappa shape index (κ2) is 8.63. The summed E-state index contributed by atoms with van der Waals surface area (Å²) in [5.41, 5.74) is 2.98. The number of hydrogen-bond acceptors (Lipinski definition) is 3. The minimum Gasteiger partial charge on any atom is -0.489 e. The number of benzene rings is 2. The van der Waals surface area contributed by atoms with Crippen LogP contribution in [0.1, 0.15) is 30.5 Å². The van der Waals surface area contributed by atoms with Gasteiger partial charge in [0.25, 0.3) is 0 Å². The summed E-state index contributed by atoms with van der Waals surface area (Å²) in [4.78, 5) is 4.09. The van der Waals surface area contributed by atoms with Gasteiger partial charge in [-0.3, -0.25) is 4.98 Å². The van der Waals surface area contributed by atoms with E-state index in [0.717, 1.165) is 16.9 Å². The first-order valence-corrected chi connectivity index (χ1v) is 8.76. The fraction of sp³-hybridized carbons (Fsp3) is 0.217. The minimum atomic E-state index is -0.353. The molecule has 26 heavy (non-hydrogen) atoms. The monoisotopic (exact) mass is 346 g/mol. The molecule has 0 bridgehead atoms. The van der Waals surface area contributed by atoms with Crippen LogP contribution in [0.15, 0.2) is 79.1 Å². The van der Waals surface area contributed by atoms with E-state index >= 15 is 0 Å². The zero-order chi connectivity index (χ0) is 18.2. The Bertz CT molecular complexity index is 783. The number of pyridine rings is 1. The van der Waals surface area contributed by atoms with Crippen LogP contribution in [0.25, 0.3) is 0 Å². The molecule has 3 aromatic rings. The lowest BCUT2D eigenvalue weighted by Crippen LogP contribution is -2.25. The molecule has 0 aliphatic carbocycles. The Morgan fingerprint density at radius 1 is 0.846 bits per heavy atom. The third kappa shape index (κ3) is 5.71. The standard InChI is InChI=1S/C23H24NO2/c1-23(2,26-18-20-7-4-3-5-8-20)15-19-10-12-22(13-11-19)25-17-21-9-6-14-24-16-21/h3-16H,17-18H2,1-2H3. The second-order valence-corrected chi connectivity index (χ2v) is 6.74. The predicted molar refractivity (Wildman–Crippen MR) is 104 cm³/mol. The molecule has 0 aliphatic heterocycles. The highest BCUT2D eigenvalue weighted by molar-refractivity contribution is 5.33. The first-order valence-electron chi connectivity index (χ1n) is 8.76. The molecule has 0 amide bonds. The normalized spacial score (nSPS) is 11.3. The molecule has 0 saturated carbocycles. The maximum Gasteiger partial charge on any atom is 0.119 e. The minimum absolute atomic E-state index is 0.353. The van der Waals surface area contributed by atoms with Crippen molar-refractivity contribution in [3.05, 3.63) is 102 Å². The SMILES string of the molecule is CC(C)([CH]c1ccc(OCc2cccnc2)cc1)OCc1ccccc1. The molecule has 1 heterocycles. The van der Waals surface area contributed by atoms with Crippen LogP contribution in [0.2, 0.25) is 0 Å². The van der Waals surface area contributed by atoms with Crippen LogP contribution in [-0.2, 0) is 18.0 Å². The van der Waals surface area contributed by atoms with Gasteiger partial charge in [-0.1, -0.05) is 48.5 Å². The van der Waals surface area contributed by atoms with Crippen molar-refractivity contribution < 1.29 is 9.47 Å². The highest BCUT2D eigenvalue weighted by Crippen LogP contribution is 2.23. The van der Waals surface area contributed by atoms with Crippen molar-refractivity contribution in [3.63, 3.8) is 0 Å². The molecule has 3 nitrogen and oxygen atoms in total. The lowest BCUT2D eigenvalue weighted by Gasteiger charge is -2.25. The molecule has 0 unspecified atom stereocenters. The van der Waals surface area contributed by atoms with E-state index in [4.69, 9.17) is 9.47 Å². The van der Waals surface area contributed by atoms with Gasteiger partial charge in [-0.05, 0) is 43.2 Å². The maximum atomic E-state index is 6.06. The van der Waals surface area contributed by atoms with Gasteiger partial charge < -0.3 is 9.47 Å². The lowest BCUT2D eigenvalue weighted by molar-refractivity contribution is -0.00248. The van der Waals surface area contributed by atoms with Gasteiger partial charge >= 0.3 is 0 Å². The quantitative estimate of drug-likeness (QED) is 0.561. The molecule has 3 heteroatoms. The Labute approximate surface area is 155 Å². The average Bonchev–Trinajstić information content (AvgIpc) is 2.67. The van der Waals surface area contributed by atoms with Gasteiger partial charge in [-0.15, -0.1) is 0 Å². The van der Waals surface area contributed by atoms with E-state index < -0.39 is 0 Å². The van der Waals surface area contributed by atoms with Crippen molar-refractivity contribution in [2.45, 2.75) is 32.7 Å². The summed E-state index contributed by atoms with van der Waals surface area (Å²) in [6.45, 7) is 5.25. The molecule has 1 radical (unpaired) electrons. The molecule has 0 N–H and O–H groups in total. The van der Waals surface area contributed by atoms with Crippen molar-refractivity contribution in [2.75, 3.05) is 0 Å². The summed E-state index contributed by atoms with van der Waals surface area (Å²) in [6, 6.07) is 22.2. The smallest absolute Gasteiger partial charge is 0.119 e. The number of nitrogens with zero attached hydrogens (tertiary/aromatic N) is 1. The number of rotatable bonds is 8. The Morgan fingerprint density at radius 2 is 1.58 bits per heavy atom. The molecular formula is C23H24NO2. The first-order chi connectivity index (χ1) is 12.6. The van der Waals surface area contributed by atoms with Crippen LogP contribution < -0.4 is 4.74 Å². The summed E-state index contributed by atoms with van der Waals surface area (Å²) in [5.74, 6) is 0.842. The maximum absolute atomic E-state index is 6.06. The van der Waals surface area contributed by atoms with E-state index in [2.05, 4.69) is 37.4 Å². The molecular weight excluding hydrogens is 322 g/mol. The van der Waals surface area contributed by atoms with Gasteiger partial charge in [-0.2, -0.15) is 0 Å². The van der Waals surface area contributed by atoms with Crippen LogP contribution in [0.4, 0.5) is 0 Å². The number of hydrogen-bond donors (Lipinski definition) is 0. The second-order valence-electron chi connectivity index (χ2n) is 6.74. The van der Waals surface area contributed by atoms with Gasteiger partial charge in [-0.25, -0.2) is 0 Å². The number of aromatic nitrogens is 1. The summed E-state index contributed by atoms with van der Waals surface area (Å²) < 4.78 is 11.9. The van der Waals surface area contributed by atoms with Gasteiger partial charge in [0.15, 0.2) is 0 Å². The Kier molecular flexibility index (Phi) is 6.03. The van der Waals surface area contributed by atoms with E-state index in [9.17, 15) is 0 Å². The van der Waals surface area contributed by atoms with Crippen LogP contribution in [0.5, 0.6) is 5.75 Å². The van der Waals surface area contributed by atoms with Crippen molar-refractivity contribution in [1.82, 2.24) is 4.98 Å². The highest BCUT2D eigenvalue weighted by Gasteiger charge is 2.19. The number of ether oxygens (including phenoxy) is 2. The molecule has 3 rings (SSSR count). The zero-order valence-corrected chi connectivity index (χ0v) is 15.3. The van der Waals surface area contributed by atoms with Crippen molar-refractivity contribution in [3.8, 4) is 5.75 Å². The van der Waals surface area contributed by atoms with E-state index in [1.807, 2.05) is 60.8 Å². The highest BCUT2D eigenvalue weighted by atomic mass is 16.5. The summed E-state index contributed by atoms with van der Waals surface area (Å²) >= 11 is 0. The summed E-state index contributed by atoms with van der Waals surface area (Å²) in [6.07, 6.45) is 5.70. The molecule has 0 aliphatic rings. The molecule has 0 spiro atoms. The van der Waals surface area contributed by atoms with E-state index in [-0.39, 0.29) is 5.60 Å². The molecule has 1 aromatic heterocycles. The van der Waals surface area contributed by atoms with E-state index in [0.29, 0.717) is 13.2 Å². The Balaban J connectivity index is 1.51. The van der Waals surface area contributed by atoms with Gasteiger partial charge in [0.05, 0.1) is 12.2 Å². The van der Waals surface area contributed by atoms with E-state index in [1.165, 1.54) is 5.56 Å². The van der Waals surface area contributed by atoms with Gasteiger partial charge in [0.2, 0.25) is 0 Å². The van der Waals surface area contributed by atoms with Crippen LogP contribution in [0, 0.1) is 6.42 Å². The van der Waals surface area contributed by atoms with Crippen molar-refractivity contribution in [2.24, 2.45) is 0 Å². The average molecular weight is 346 g/mol. The fourth-order valence-electron chi connectivity index (χ4n) is 2.60. The summed E-state index contributed by atoms with van der Waals surface area (Å²) in [7, 11) is 0. The molecule has 0 fully saturated rings. The van der Waals surface area contributed by atoms with Gasteiger partial charge in [0.1, 0.15) is 12.4 Å². The van der Waals surface area contributed by atoms with Crippen LogP contribution in [-0.4, -0.2) is 10.6 Å². The fourth-order valence-corrected chi connectivity index (χ4v) is 2.60. The molecule has 0 atom stereocenters. The zero-order valence-electron chi connectivity index (χ0n) is 15.3. The predicted octanol–water partition coefficient (Wildman–Crippen LogP) is 5.21. The van der Waals surface area contributed by atoms with Crippen LogP contribution in [0.3, 0.4) is 0 Å². The lowest BCUT2D eigenvalue weighted by atomic mass is 9.98. The van der Waals surface area contributed by atoms with E-state index in [1.54, 1.807) is 6.20 Å². The topological polar surface area (TPSA) is 31.4 Å². The third-order valence-corrected chi connectivity index (χ3v) is 3.98. The Morgan fingerprint density at radius 3 is 2.27 bits per heavy atom. The summed E-state index contributed by atoms with van der Waals surface area (Å²) in [5, 5.41) is 0. The molecule has 2 aromatic carbocycles. The largest absolute Gasteiger partial charge is 0.489 e. The Hall–Kier alpha value is -2.65. The third-order valence-electron chi connectivity index (χ3n) is 3.98. The van der Waals surface area contributed by atoms with Crippen molar-refractivity contribution in [1.29, 1.82) is 0 Å². The first kappa shape index (κ1) is 18.2. The van der Waals surface area contributed by atoms with Crippen molar-refractivity contribution >= 4 is 0 Å².